The van der Waals surface area contributed by atoms with E-state index in [0.717, 1.165) is 15.7 Å². The van der Waals surface area contributed by atoms with Gasteiger partial charge in [0.1, 0.15) is 5.84 Å². The maximum absolute atomic E-state index is 12.4. The molecule has 1 aromatic heterocycles. The van der Waals surface area contributed by atoms with E-state index in [1.807, 2.05) is 24.3 Å². The number of nitrogens with one attached hydrogen (secondary N) is 1. The second kappa shape index (κ2) is 7.20. The van der Waals surface area contributed by atoms with Gasteiger partial charge in [-0.2, -0.15) is 0 Å². The van der Waals surface area contributed by atoms with Crippen LogP contribution in [0.3, 0.4) is 0 Å². The minimum atomic E-state index is -1.05. The molecule has 0 aliphatic rings. The highest BCUT2D eigenvalue weighted by molar-refractivity contribution is 5.95. The third-order valence-corrected chi connectivity index (χ3v) is 4.18. The normalized spacial score (nSPS) is 10.7. The molecule has 0 saturated carbocycles. The van der Waals surface area contributed by atoms with Crippen LogP contribution in [0.15, 0.2) is 59.5 Å². The van der Waals surface area contributed by atoms with Crippen LogP contribution in [0.4, 0.5) is 0 Å². The number of hydrogen-bond donors (Lipinski definition) is 4. The predicted molar refractivity (Wildman–Crippen MR) is 100 cm³/mol. The molecule has 0 saturated heterocycles. The Bertz CT molecular complexity index is 1050. The number of nitrogens with zero attached hydrogens (tertiary/aromatic N) is 2. The number of nitrogens with two attached hydrogens (primary N) is 1. The standard InChI is InChI=1S/C19H18N4O4/c20-18(21)14-3-1-12(2-4-14)13-5-7-15(8-6-13)23-11-16(24)22(19(23)27)10-9-17(25)26/h1-8,11,24H,9-10H2,(H3,20,21)(H,25,26). The molecule has 0 aliphatic carbocycles. The first-order chi connectivity index (χ1) is 12.9. The van der Waals surface area contributed by atoms with Crippen molar-refractivity contribution in [2.75, 3.05) is 0 Å². The maximum atomic E-state index is 12.4. The number of carboxylic acids is 1. The van der Waals surface area contributed by atoms with Crippen LogP contribution >= 0.6 is 0 Å². The molecule has 8 nitrogen and oxygen atoms in total. The first kappa shape index (κ1) is 18.0. The molecule has 0 bridgehead atoms. The van der Waals surface area contributed by atoms with Gasteiger partial charge in [0.15, 0.2) is 0 Å². The zero-order chi connectivity index (χ0) is 19.6. The number of imidazole rings is 1. The summed E-state index contributed by atoms with van der Waals surface area (Å²) < 4.78 is 2.28. The van der Waals surface area contributed by atoms with Gasteiger partial charge >= 0.3 is 11.7 Å². The Morgan fingerprint density at radius 3 is 2.11 bits per heavy atom. The van der Waals surface area contributed by atoms with Crippen molar-refractivity contribution in [3.05, 3.63) is 70.8 Å². The van der Waals surface area contributed by atoms with E-state index in [1.165, 1.54) is 10.8 Å². The summed E-state index contributed by atoms with van der Waals surface area (Å²) in [6.45, 7) is -0.104. The molecule has 138 valence electrons. The Labute approximate surface area is 154 Å². The van der Waals surface area contributed by atoms with Gasteiger partial charge in [0.25, 0.3) is 0 Å². The smallest absolute Gasteiger partial charge is 0.335 e. The van der Waals surface area contributed by atoms with Crippen LogP contribution in [-0.2, 0) is 11.3 Å². The van der Waals surface area contributed by atoms with Crippen LogP contribution < -0.4 is 11.4 Å². The second-order valence-electron chi connectivity index (χ2n) is 5.97. The van der Waals surface area contributed by atoms with E-state index in [0.29, 0.717) is 11.3 Å². The minimum absolute atomic E-state index is 0.00323. The van der Waals surface area contributed by atoms with Gasteiger partial charge in [-0.1, -0.05) is 36.4 Å². The Morgan fingerprint density at radius 2 is 1.59 bits per heavy atom. The van der Waals surface area contributed by atoms with Gasteiger partial charge in [-0.15, -0.1) is 0 Å². The second-order valence-corrected chi connectivity index (χ2v) is 5.97. The van der Waals surface area contributed by atoms with Gasteiger partial charge in [-0.25, -0.2) is 4.79 Å². The van der Waals surface area contributed by atoms with Crippen molar-refractivity contribution in [3.8, 4) is 22.7 Å². The van der Waals surface area contributed by atoms with Crippen molar-refractivity contribution in [1.29, 1.82) is 5.41 Å². The summed E-state index contributed by atoms with van der Waals surface area (Å²) in [5.74, 6) is -1.33. The zero-order valence-electron chi connectivity index (χ0n) is 14.3. The number of amidine groups is 1. The van der Waals surface area contributed by atoms with Crippen molar-refractivity contribution < 1.29 is 15.0 Å². The number of carbonyl (C=O) groups is 1. The van der Waals surface area contributed by atoms with Gasteiger partial charge in [-0.05, 0) is 23.3 Å². The molecule has 0 aliphatic heterocycles. The highest BCUT2D eigenvalue weighted by Gasteiger charge is 2.13. The maximum Gasteiger partial charge on any atom is 0.335 e. The van der Waals surface area contributed by atoms with Gasteiger partial charge in [0.2, 0.25) is 5.88 Å². The van der Waals surface area contributed by atoms with E-state index in [1.54, 1.807) is 24.3 Å². The van der Waals surface area contributed by atoms with Crippen LogP contribution in [0, 0.1) is 5.41 Å². The first-order valence-electron chi connectivity index (χ1n) is 8.15. The number of aromatic hydroxyl groups is 1. The van der Waals surface area contributed by atoms with Gasteiger partial charge in [0.05, 0.1) is 18.3 Å². The molecule has 5 N–H and O–H groups in total. The summed E-state index contributed by atoms with van der Waals surface area (Å²) in [6.07, 6.45) is 1.01. The Kier molecular flexibility index (Phi) is 4.80. The largest absolute Gasteiger partial charge is 0.493 e. The topological polar surface area (TPSA) is 134 Å². The third-order valence-electron chi connectivity index (χ3n) is 4.18. The van der Waals surface area contributed by atoms with Gasteiger partial charge < -0.3 is 15.9 Å². The van der Waals surface area contributed by atoms with E-state index in [2.05, 4.69) is 0 Å². The predicted octanol–water partition coefficient (Wildman–Crippen LogP) is 1.77. The average Bonchev–Trinajstić information content (AvgIpc) is 2.94. The number of carboxylic acid groups (broad SMARTS) is 1. The molecule has 0 spiro atoms. The lowest BCUT2D eigenvalue weighted by molar-refractivity contribution is -0.137. The van der Waals surface area contributed by atoms with E-state index in [-0.39, 0.29) is 24.7 Å². The van der Waals surface area contributed by atoms with Gasteiger partial charge in [0, 0.05) is 12.1 Å². The fourth-order valence-corrected chi connectivity index (χ4v) is 2.73. The molecule has 3 rings (SSSR count). The lowest BCUT2D eigenvalue weighted by Crippen LogP contribution is -2.24. The van der Waals surface area contributed by atoms with Crippen LogP contribution in [-0.4, -0.2) is 31.2 Å². The van der Waals surface area contributed by atoms with Crippen molar-refractivity contribution in [2.24, 2.45) is 5.73 Å². The first-order valence-corrected chi connectivity index (χ1v) is 8.15. The average molecular weight is 366 g/mol. The van der Waals surface area contributed by atoms with Gasteiger partial charge in [-0.3, -0.25) is 19.3 Å². The van der Waals surface area contributed by atoms with Crippen molar-refractivity contribution in [3.63, 3.8) is 0 Å². The molecule has 8 heteroatoms. The van der Waals surface area contributed by atoms with E-state index >= 15 is 0 Å². The molecule has 3 aromatic rings. The summed E-state index contributed by atoms with van der Waals surface area (Å²) in [7, 11) is 0. The highest BCUT2D eigenvalue weighted by Crippen LogP contribution is 2.22. The van der Waals surface area contributed by atoms with Crippen molar-refractivity contribution in [2.45, 2.75) is 13.0 Å². The molecule has 2 aromatic carbocycles. The van der Waals surface area contributed by atoms with E-state index in [4.69, 9.17) is 16.2 Å². The highest BCUT2D eigenvalue weighted by atomic mass is 16.4. The summed E-state index contributed by atoms with van der Waals surface area (Å²) in [6, 6.07) is 14.4. The number of rotatable bonds is 6. The minimum Gasteiger partial charge on any atom is -0.493 e. The van der Waals surface area contributed by atoms with E-state index in [9.17, 15) is 14.7 Å². The molecular weight excluding hydrogens is 348 g/mol. The Morgan fingerprint density at radius 1 is 1.04 bits per heavy atom. The Hall–Kier alpha value is -3.81. The summed E-state index contributed by atoms with van der Waals surface area (Å²) in [5, 5.41) is 26.1. The molecule has 27 heavy (non-hydrogen) atoms. The van der Waals surface area contributed by atoms with Crippen LogP contribution in [0.25, 0.3) is 16.8 Å². The third kappa shape index (κ3) is 3.74. The fraction of sp³-hybridized carbons (Fsp3) is 0.105. The van der Waals surface area contributed by atoms with Crippen molar-refractivity contribution >= 4 is 11.8 Å². The van der Waals surface area contributed by atoms with Crippen LogP contribution in [0.1, 0.15) is 12.0 Å². The molecule has 0 fully saturated rings. The summed E-state index contributed by atoms with van der Waals surface area (Å²) in [4.78, 5) is 23.1. The van der Waals surface area contributed by atoms with Crippen LogP contribution in [0.5, 0.6) is 5.88 Å². The van der Waals surface area contributed by atoms with E-state index < -0.39 is 11.7 Å². The van der Waals surface area contributed by atoms with Crippen molar-refractivity contribution in [1.82, 2.24) is 9.13 Å². The number of nitrogen functional groups attached to an aromatic ring is 1. The number of hydrogen-bond acceptors (Lipinski definition) is 4. The SMILES string of the molecule is N=C(N)c1ccc(-c2ccc(-n3cc(O)n(CCC(=O)O)c3=O)cc2)cc1. The monoisotopic (exact) mass is 366 g/mol. The summed E-state index contributed by atoms with van der Waals surface area (Å²) in [5.41, 5.74) is 7.98. The molecule has 1 heterocycles. The lowest BCUT2D eigenvalue weighted by atomic mass is 10.0. The fourth-order valence-electron chi connectivity index (χ4n) is 2.73. The number of benzene rings is 2. The number of aliphatic carboxylic acids is 1. The molecular formula is C19H18N4O4. The molecule has 0 atom stereocenters. The molecule has 0 amide bonds. The molecule has 0 unspecified atom stereocenters. The lowest BCUT2D eigenvalue weighted by Gasteiger charge is -2.06. The molecule has 0 radical (unpaired) electrons. The quantitative estimate of drug-likeness (QED) is 0.390. The number of aromatic nitrogens is 2. The van der Waals surface area contributed by atoms with Crippen LogP contribution in [0.2, 0.25) is 0 Å². The summed E-state index contributed by atoms with van der Waals surface area (Å²) >= 11 is 0. The zero-order valence-corrected chi connectivity index (χ0v) is 14.3. The Balaban J connectivity index is 1.87.